The Labute approximate surface area is 186 Å². The lowest BCUT2D eigenvalue weighted by atomic mass is 10.2. The van der Waals surface area contributed by atoms with Gasteiger partial charge in [0.25, 0.3) is 15.9 Å². The van der Waals surface area contributed by atoms with Crippen molar-refractivity contribution in [1.29, 1.82) is 0 Å². The molecule has 0 unspecified atom stereocenters. The fourth-order valence-electron chi connectivity index (χ4n) is 3.20. The first-order valence-corrected chi connectivity index (χ1v) is 11.4. The van der Waals surface area contributed by atoms with Gasteiger partial charge in [0, 0.05) is 23.5 Å². The third kappa shape index (κ3) is 4.70. The van der Waals surface area contributed by atoms with Crippen LogP contribution in [0.25, 0.3) is 5.69 Å². The zero-order valence-electron chi connectivity index (χ0n) is 17.6. The van der Waals surface area contributed by atoms with E-state index in [1.54, 1.807) is 60.3 Å². The Morgan fingerprint density at radius 3 is 2.34 bits per heavy atom. The smallest absolute Gasteiger partial charge is 0.262 e. The minimum atomic E-state index is -3.74. The molecular formula is C24H22N4O3S. The average molecular weight is 447 g/mol. The van der Waals surface area contributed by atoms with Crippen LogP contribution in [-0.2, 0) is 10.0 Å². The van der Waals surface area contributed by atoms with Gasteiger partial charge in [0.2, 0.25) is 0 Å². The number of amides is 1. The SMILES string of the molecule is Cc1ccc(C)c(S(=O)(=O)Nc2ccc(C(=O)Nc3ccn(-c4ccccc4)n3)cc2)c1. The summed E-state index contributed by atoms with van der Waals surface area (Å²) in [6.45, 7) is 3.59. The third-order valence-electron chi connectivity index (χ3n) is 4.88. The average Bonchev–Trinajstić information content (AvgIpc) is 3.24. The second kappa shape index (κ2) is 8.68. The summed E-state index contributed by atoms with van der Waals surface area (Å²) in [7, 11) is -3.74. The second-order valence-corrected chi connectivity index (χ2v) is 9.04. The number of aromatic nitrogens is 2. The molecule has 0 atom stereocenters. The summed E-state index contributed by atoms with van der Waals surface area (Å²) >= 11 is 0. The van der Waals surface area contributed by atoms with Gasteiger partial charge in [-0.1, -0.05) is 30.3 Å². The van der Waals surface area contributed by atoms with Crippen LogP contribution >= 0.6 is 0 Å². The molecule has 0 aliphatic carbocycles. The van der Waals surface area contributed by atoms with Crippen molar-refractivity contribution in [3.8, 4) is 5.69 Å². The van der Waals surface area contributed by atoms with Gasteiger partial charge in [-0.15, -0.1) is 0 Å². The van der Waals surface area contributed by atoms with Crippen LogP contribution in [0.4, 0.5) is 11.5 Å². The highest BCUT2D eigenvalue weighted by molar-refractivity contribution is 7.92. The maximum absolute atomic E-state index is 12.8. The molecule has 0 aliphatic heterocycles. The molecule has 0 aliphatic rings. The largest absolute Gasteiger partial charge is 0.305 e. The van der Waals surface area contributed by atoms with Crippen LogP contribution in [0.3, 0.4) is 0 Å². The van der Waals surface area contributed by atoms with Crippen molar-refractivity contribution in [3.63, 3.8) is 0 Å². The number of nitrogens with zero attached hydrogens (tertiary/aromatic N) is 2. The molecule has 4 aromatic rings. The van der Waals surface area contributed by atoms with Gasteiger partial charge in [-0.25, -0.2) is 13.1 Å². The number of benzene rings is 3. The Morgan fingerprint density at radius 1 is 0.906 bits per heavy atom. The Hall–Kier alpha value is -3.91. The van der Waals surface area contributed by atoms with E-state index in [4.69, 9.17) is 0 Å². The molecule has 4 rings (SSSR count). The normalized spacial score (nSPS) is 11.2. The lowest BCUT2D eigenvalue weighted by molar-refractivity contribution is 0.102. The summed E-state index contributed by atoms with van der Waals surface area (Å²) in [6, 6.07) is 22.8. The molecular weight excluding hydrogens is 424 g/mol. The molecule has 0 radical (unpaired) electrons. The summed E-state index contributed by atoms with van der Waals surface area (Å²) < 4.78 is 29.7. The summed E-state index contributed by atoms with van der Waals surface area (Å²) in [6.07, 6.45) is 1.76. The van der Waals surface area contributed by atoms with Gasteiger partial charge in [-0.2, -0.15) is 5.10 Å². The maximum atomic E-state index is 12.8. The van der Waals surface area contributed by atoms with E-state index in [0.717, 1.165) is 11.3 Å². The number of anilines is 2. The molecule has 32 heavy (non-hydrogen) atoms. The maximum Gasteiger partial charge on any atom is 0.262 e. The van der Waals surface area contributed by atoms with Crippen molar-refractivity contribution in [2.24, 2.45) is 0 Å². The topological polar surface area (TPSA) is 93.1 Å². The van der Waals surface area contributed by atoms with E-state index in [9.17, 15) is 13.2 Å². The van der Waals surface area contributed by atoms with Crippen molar-refractivity contribution in [3.05, 3.63) is 102 Å². The minimum absolute atomic E-state index is 0.230. The van der Waals surface area contributed by atoms with E-state index in [1.165, 1.54) is 0 Å². The van der Waals surface area contributed by atoms with Crippen LogP contribution in [0.1, 0.15) is 21.5 Å². The predicted octanol–water partition coefficient (Wildman–Crippen LogP) is 4.54. The Balaban J connectivity index is 1.45. The molecule has 1 amide bonds. The van der Waals surface area contributed by atoms with Crippen molar-refractivity contribution < 1.29 is 13.2 Å². The molecule has 2 N–H and O–H groups in total. The van der Waals surface area contributed by atoms with E-state index in [0.29, 0.717) is 22.6 Å². The summed E-state index contributed by atoms with van der Waals surface area (Å²) in [5.41, 5.74) is 3.16. The summed E-state index contributed by atoms with van der Waals surface area (Å²) in [5, 5.41) is 7.10. The molecule has 0 fully saturated rings. The first-order valence-electron chi connectivity index (χ1n) is 9.94. The second-order valence-electron chi connectivity index (χ2n) is 7.39. The molecule has 0 saturated carbocycles. The van der Waals surface area contributed by atoms with Crippen LogP contribution in [-0.4, -0.2) is 24.1 Å². The number of nitrogens with one attached hydrogen (secondary N) is 2. The van der Waals surface area contributed by atoms with E-state index in [-0.39, 0.29) is 10.8 Å². The van der Waals surface area contributed by atoms with Crippen LogP contribution in [0, 0.1) is 13.8 Å². The Bertz CT molecular complexity index is 1360. The Morgan fingerprint density at radius 2 is 1.62 bits per heavy atom. The Kier molecular flexibility index (Phi) is 5.79. The van der Waals surface area contributed by atoms with Crippen molar-refractivity contribution in [2.75, 3.05) is 10.0 Å². The number of rotatable bonds is 6. The van der Waals surface area contributed by atoms with Gasteiger partial charge in [0.1, 0.15) is 0 Å². The molecule has 162 valence electrons. The zero-order chi connectivity index (χ0) is 22.7. The number of carbonyl (C=O) groups excluding carboxylic acids is 1. The van der Waals surface area contributed by atoms with E-state index in [1.807, 2.05) is 43.3 Å². The monoisotopic (exact) mass is 446 g/mol. The highest BCUT2D eigenvalue weighted by Crippen LogP contribution is 2.21. The number of carbonyl (C=O) groups is 1. The highest BCUT2D eigenvalue weighted by atomic mass is 32.2. The van der Waals surface area contributed by atoms with Crippen LogP contribution in [0.2, 0.25) is 0 Å². The van der Waals surface area contributed by atoms with Crippen LogP contribution in [0.15, 0.2) is 90.0 Å². The van der Waals surface area contributed by atoms with Crippen molar-refractivity contribution >= 4 is 27.4 Å². The quantitative estimate of drug-likeness (QED) is 0.455. The van der Waals surface area contributed by atoms with Crippen LogP contribution in [0.5, 0.6) is 0 Å². The molecule has 3 aromatic carbocycles. The fourth-order valence-corrected chi connectivity index (χ4v) is 4.59. The van der Waals surface area contributed by atoms with Gasteiger partial charge in [0.05, 0.1) is 10.6 Å². The van der Waals surface area contributed by atoms with E-state index < -0.39 is 10.0 Å². The number of sulfonamides is 1. The van der Waals surface area contributed by atoms with Gasteiger partial charge in [0.15, 0.2) is 5.82 Å². The summed E-state index contributed by atoms with van der Waals surface area (Å²) in [4.78, 5) is 12.8. The number of para-hydroxylation sites is 1. The van der Waals surface area contributed by atoms with Crippen LogP contribution < -0.4 is 10.0 Å². The molecule has 8 heteroatoms. The predicted molar refractivity (Wildman–Crippen MR) is 125 cm³/mol. The molecule has 0 spiro atoms. The first kappa shape index (κ1) is 21.3. The fraction of sp³-hybridized carbons (Fsp3) is 0.0833. The molecule has 1 aromatic heterocycles. The van der Waals surface area contributed by atoms with Gasteiger partial charge in [-0.05, 0) is 67.4 Å². The zero-order valence-corrected chi connectivity index (χ0v) is 18.4. The van der Waals surface area contributed by atoms with E-state index >= 15 is 0 Å². The van der Waals surface area contributed by atoms with Crippen molar-refractivity contribution in [1.82, 2.24) is 9.78 Å². The standard InChI is InChI=1S/C24H22N4O3S/c1-17-8-9-18(2)22(16-17)32(30,31)27-20-12-10-19(11-13-20)24(29)25-23-14-15-28(26-23)21-6-4-3-5-7-21/h3-16,27H,1-2H3,(H,25,26,29). The third-order valence-corrected chi connectivity index (χ3v) is 6.41. The number of aryl methyl sites for hydroxylation is 2. The van der Waals surface area contributed by atoms with Crippen molar-refractivity contribution in [2.45, 2.75) is 18.7 Å². The minimum Gasteiger partial charge on any atom is -0.305 e. The van der Waals surface area contributed by atoms with E-state index in [2.05, 4.69) is 15.1 Å². The van der Waals surface area contributed by atoms with Gasteiger partial charge < -0.3 is 5.32 Å². The lowest BCUT2D eigenvalue weighted by Gasteiger charge is -2.11. The van der Waals surface area contributed by atoms with Gasteiger partial charge in [-0.3, -0.25) is 9.52 Å². The number of hydrogen-bond donors (Lipinski definition) is 2. The molecule has 1 heterocycles. The lowest BCUT2D eigenvalue weighted by Crippen LogP contribution is -2.15. The number of hydrogen-bond acceptors (Lipinski definition) is 4. The highest BCUT2D eigenvalue weighted by Gasteiger charge is 2.17. The molecule has 0 saturated heterocycles. The summed E-state index contributed by atoms with van der Waals surface area (Å²) in [5.74, 6) is 0.0748. The molecule has 0 bridgehead atoms. The van der Waals surface area contributed by atoms with Gasteiger partial charge >= 0.3 is 0 Å². The molecule has 7 nitrogen and oxygen atoms in total. The first-order chi connectivity index (χ1) is 15.3.